The number of aliphatic imine (C=N–C) groups is 1. The second kappa shape index (κ2) is 14.1. The summed E-state index contributed by atoms with van der Waals surface area (Å²) in [6.45, 7) is 4.77. The van der Waals surface area contributed by atoms with Crippen LogP contribution in [0.1, 0.15) is 30.9 Å². The first-order valence-electron chi connectivity index (χ1n) is 16.2. The van der Waals surface area contributed by atoms with Gasteiger partial charge in [-0.15, -0.1) is 0 Å². The first-order chi connectivity index (χ1) is 24.2. The van der Waals surface area contributed by atoms with Crippen LogP contribution in [-0.4, -0.2) is 100 Å². The molecule has 0 aliphatic heterocycles. The van der Waals surface area contributed by atoms with Crippen molar-refractivity contribution in [2.75, 3.05) is 79.4 Å². The molecule has 264 valence electrons. The zero-order valence-corrected chi connectivity index (χ0v) is 28.6. The molecule has 0 aromatic heterocycles. The van der Waals surface area contributed by atoms with Crippen LogP contribution in [0.15, 0.2) is 32.3 Å². The highest BCUT2D eigenvalue weighted by molar-refractivity contribution is 6.40. The third-order valence-corrected chi connectivity index (χ3v) is 9.28. The topological polar surface area (TPSA) is 186 Å². The fourth-order valence-corrected chi connectivity index (χ4v) is 7.42. The Hall–Kier alpha value is -4.95. The van der Waals surface area contributed by atoms with Crippen molar-refractivity contribution in [3.8, 4) is 28.7 Å². The molecule has 0 radical (unpaired) electrons. The monoisotopic (exact) mass is 688 g/mol. The Balaban J connectivity index is 1.88. The van der Waals surface area contributed by atoms with Crippen molar-refractivity contribution in [2.45, 2.75) is 19.8 Å². The lowest BCUT2D eigenvalue weighted by molar-refractivity contribution is 0.0978. The number of hydrogen-bond donors (Lipinski definition) is 5. The maximum Gasteiger partial charge on any atom is 0.194 e. The maximum atomic E-state index is 13.9. The highest BCUT2D eigenvalue weighted by atomic mass is 16.5. The second-order valence-corrected chi connectivity index (χ2v) is 12.0. The first-order valence-corrected chi connectivity index (χ1v) is 16.2. The Kier molecular flexibility index (Phi) is 9.85. The summed E-state index contributed by atoms with van der Waals surface area (Å²) < 4.78 is 28.4. The van der Waals surface area contributed by atoms with Crippen LogP contribution in [0.3, 0.4) is 0 Å². The van der Waals surface area contributed by atoms with Gasteiger partial charge in [-0.2, -0.15) is 0 Å². The van der Waals surface area contributed by atoms with E-state index < -0.39 is 16.8 Å². The van der Waals surface area contributed by atoms with Crippen molar-refractivity contribution < 1.29 is 44.1 Å². The number of rotatable bonds is 15. The smallest absolute Gasteiger partial charge is 0.194 e. The summed E-state index contributed by atoms with van der Waals surface area (Å²) in [4.78, 5) is 32.6. The Morgan fingerprint density at radius 1 is 0.760 bits per heavy atom. The lowest BCUT2D eigenvalue weighted by Crippen LogP contribution is -2.15. The molecular formula is C37H40N2O11. The van der Waals surface area contributed by atoms with Crippen molar-refractivity contribution in [3.05, 3.63) is 49.3 Å². The number of aliphatic hydroxyl groups is 2. The van der Waals surface area contributed by atoms with Crippen LogP contribution in [0.2, 0.25) is 0 Å². The number of methoxy groups -OCH3 is 3. The Morgan fingerprint density at radius 3 is 1.92 bits per heavy atom. The fraction of sp³-hybridized carbons (Fsp3) is 0.378. The molecule has 0 heterocycles. The summed E-state index contributed by atoms with van der Waals surface area (Å²) in [7, 11) is 4.27. The summed E-state index contributed by atoms with van der Waals surface area (Å²) in [5.41, 5.74) is 1.72. The van der Waals surface area contributed by atoms with Crippen molar-refractivity contribution in [2.24, 2.45) is 4.99 Å². The van der Waals surface area contributed by atoms with Crippen molar-refractivity contribution in [3.63, 3.8) is 0 Å². The predicted octanol–water partition coefficient (Wildman–Crippen LogP) is 3.72. The van der Waals surface area contributed by atoms with Gasteiger partial charge in [0.15, 0.2) is 28.1 Å². The van der Waals surface area contributed by atoms with Crippen LogP contribution < -0.4 is 30.4 Å². The molecule has 1 aliphatic rings. The summed E-state index contributed by atoms with van der Waals surface area (Å²) in [5.74, 6) is -0.780. The normalized spacial score (nSPS) is 14.7. The molecule has 0 saturated carbocycles. The zero-order valence-electron chi connectivity index (χ0n) is 28.6. The molecule has 13 heteroatoms. The Morgan fingerprint density at radius 2 is 1.34 bits per heavy atom. The number of aliphatic hydroxyl groups excluding tert-OH is 2. The SMILES string of the molecule is COc1c(O)c2c(=O)cc(OC)c3c4c(OC)cc(=O)c5c(O)c(NCCOCCO)c6c(c(c1C(/C(C)=N/CCOCCO)C(C)=C6)c23)c54. The van der Waals surface area contributed by atoms with Gasteiger partial charge in [0.1, 0.15) is 11.5 Å². The van der Waals surface area contributed by atoms with Gasteiger partial charge in [-0.1, -0.05) is 11.6 Å². The molecule has 0 bridgehead atoms. The average Bonchev–Trinajstić information content (AvgIpc) is 3.23. The van der Waals surface area contributed by atoms with E-state index in [4.69, 9.17) is 33.8 Å². The van der Waals surface area contributed by atoms with Gasteiger partial charge in [0.25, 0.3) is 0 Å². The van der Waals surface area contributed by atoms with Crippen LogP contribution in [0.25, 0.3) is 49.2 Å². The van der Waals surface area contributed by atoms with Gasteiger partial charge in [0, 0.05) is 68.4 Å². The molecule has 5 aromatic carbocycles. The standard InChI is InChI=1S/C37H40N2O11/c1-17-14-19-25-30-26(35(44)34(19)39-7-11-50-13-9-41)20(42)15-22(46-3)28(30)29-23(47-4)16-21(43)27-32(29)31(25)33(37(48-5)36(27)45)24(17)18(2)38-6-10-49-12-8-40/h14-16,24,39-41,44-45H,6-13H2,1-5H3/b38-18+. The van der Waals surface area contributed by atoms with E-state index in [1.165, 1.54) is 33.5 Å². The highest BCUT2D eigenvalue weighted by Gasteiger charge is 2.36. The Bertz CT molecular complexity index is 2280. The number of nitrogens with zero attached hydrogens (tertiary/aromatic N) is 1. The molecule has 1 atom stereocenters. The minimum atomic E-state index is -0.605. The summed E-state index contributed by atoms with van der Waals surface area (Å²) >= 11 is 0. The third kappa shape index (κ3) is 5.37. The van der Waals surface area contributed by atoms with Gasteiger partial charge in [-0.3, -0.25) is 14.6 Å². The van der Waals surface area contributed by atoms with Crippen LogP contribution in [0, 0.1) is 0 Å². The number of fused-ring (bicyclic) bond motifs is 1. The van der Waals surface area contributed by atoms with Crippen molar-refractivity contribution in [1.29, 1.82) is 0 Å². The van der Waals surface area contributed by atoms with E-state index in [-0.39, 0.29) is 97.9 Å². The van der Waals surface area contributed by atoms with Crippen LogP contribution in [-0.2, 0) is 9.47 Å². The second-order valence-electron chi connectivity index (χ2n) is 12.0. The Labute approximate surface area is 286 Å². The summed E-state index contributed by atoms with van der Waals surface area (Å²) in [6, 6.07) is 2.57. The number of benzene rings is 5. The number of phenolic OH excluding ortho intramolecular Hbond substituents is 2. The van der Waals surface area contributed by atoms with E-state index in [0.717, 1.165) is 5.57 Å². The molecule has 13 nitrogen and oxygen atoms in total. The van der Waals surface area contributed by atoms with Crippen LogP contribution in [0.4, 0.5) is 5.69 Å². The molecule has 6 rings (SSSR count). The molecular weight excluding hydrogens is 648 g/mol. The average molecular weight is 689 g/mol. The van der Waals surface area contributed by atoms with Gasteiger partial charge < -0.3 is 49.4 Å². The van der Waals surface area contributed by atoms with Gasteiger partial charge in [0.05, 0.1) is 84.0 Å². The maximum absolute atomic E-state index is 13.9. The summed E-state index contributed by atoms with van der Waals surface area (Å²) in [6.07, 6.45) is 1.90. The summed E-state index contributed by atoms with van der Waals surface area (Å²) in [5, 5.41) is 48.1. The van der Waals surface area contributed by atoms with Crippen molar-refractivity contribution >= 4 is 60.6 Å². The number of nitrogens with one attached hydrogen (secondary N) is 1. The van der Waals surface area contributed by atoms with E-state index in [1.54, 1.807) is 0 Å². The van der Waals surface area contributed by atoms with E-state index in [9.17, 15) is 24.9 Å². The van der Waals surface area contributed by atoms with Gasteiger partial charge in [-0.25, -0.2) is 0 Å². The van der Waals surface area contributed by atoms with Crippen LogP contribution in [0.5, 0.6) is 28.7 Å². The van der Waals surface area contributed by atoms with Gasteiger partial charge >= 0.3 is 0 Å². The molecule has 1 unspecified atom stereocenters. The fourth-order valence-electron chi connectivity index (χ4n) is 7.42. The molecule has 5 aromatic rings. The number of phenols is 2. The third-order valence-electron chi connectivity index (χ3n) is 9.28. The largest absolute Gasteiger partial charge is 0.505 e. The number of anilines is 1. The van der Waals surface area contributed by atoms with Crippen molar-refractivity contribution in [1.82, 2.24) is 0 Å². The molecule has 0 spiro atoms. The quantitative estimate of drug-likeness (QED) is 0.0354. The lowest BCUT2D eigenvalue weighted by Gasteiger charge is -2.26. The number of aromatic hydroxyl groups is 2. The molecule has 0 fully saturated rings. The van der Waals surface area contributed by atoms with E-state index in [0.29, 0.717) is 49.2 Å². The first kappa shape index (κ1) is 34.9. The highest BCUT2D eigenvalue weighted by Crippen LogP contribution is 2.58. The molecule has 1 aliphatic carbocycles. The van der Waals surface area contributed by atoms with E-state index in [2.05, 4.69) is 5.32 Å². The number of allylic oxidation sites excluding steroid dienone is 1. The van der Waals surface area contributed by atoms with E-state index in [1.807, 2.05) is 19.9 Å². The zero-order chi connectivity index (χ0) is 35.9. The lowest BCUT2D eigenvalue weighted by atomic mass is 9.80. The molecule has 0 amide bonds. The predicted molar refractivity (Wildman–Crippen MR) is 193 cm³/mol. The molecule has 50 heavy (non-hydrogen) atoms. The molecule has 5 N–H and O–H groups in total. The van der Waals surface area contributed by atoms with Gasteiger partial charge in [-0.05, 0) is 19.2 Å². The number of ether oxygens (including phenoxy) is 5. The van der Waals surface area contributed by atoms with Gasteiger partial charge in [0.2, 0.25) is 0 Å². The minimum absolute atomic E-state index is 0.000288. The minimum Gasteiger partial charge on any atom is -0.505 e. The molecule has 0 saturated heterocycles. The number of hydrogen-bond acceptors (Lipinski definition) is 13. The van der Waals surface area contributed by atoms with Crippen LogP contribution >= 0.6 is 0 Å². The van der Waals surface area contributed by atoms with E-state index >= 15 is 0 Å².